The zero-order valence-corrected chi connectivity index (χ0v) is 15.0. The second-order valence-electron chi connectivity index (χ2n) is 5.90. The van der Waals surface area contributed by atoms with E-state index in [2.05, 4.69) is 22.3 Å². The topological polar surface area (TPSA) is 54.7 Å². The predicted octanol–water partition coefficient (Wildman–Crippen LogP) is 2.95. The van der Waals surface area contributed by atoms with Crippen LogP contribution < -0.4 is 5.32 Å². The van der Waals surface area contributed by atoms with Gasteiger partial charge in [-0.2, -0.15) is 0 Å². The third kappa shape index (κ3) is 5.63. The summed E-state index contributed by atoms with van der Waals surface area (Å²) >= 11 is 1.70. The Balaban J connectivity index is 1.46. The average Bonchev–Trinajstić information content (AvgIpc) is 3.18. The van der Waals surface area contributed by atoms with Gasteiger partial charge >= 0.3 is 0 Å². The smallest absolute Gasteiger partial charge is 0.220 e. The molecule has 0 radical (unpaired) electrons. The van der Waals surface area contributed by atoms with Crippen LogP contribution in [0.5, 0.6) is 0 Å². The molecule has 2 aromatic rings. The molecule has 1 aliphatic heterocycles. The molecule has 25 heavy (non-hydrogen) atoms. The van der Waals surface area contributed by atoms with Gasteiger partial charge in [0.25, 0.3) is 0 Å². The standard InChI is InChI=1S/C19H24N2O3S/c22-19(8-14-25-16-5-2-1-3-6-16)20-15-17(18-7-4-11-24-18)21-9-12-23-13-10-21/h1-7,11,17H,8-10,12-15H2,(H,20,22)/t17-/m1/s1. The van der Waals surface area contributed by atoms with Gasteiger partial charge in [-0.3, -0.25) is 9.69 Å². The molecule has 1 aliphatic rings. The molecule has 1 aromatic carbocycles. The zero-order chi connectivity index (χ0) is 17.3. The Kier molecular flexibility index (Phi) is 6.97. The van der Waals surface area contributed by atoms with E-state index in [0.717, 1.165) is 37.8 Å². The SMILES string of the molecule is O=C(CCSc1ccccc1)NC[C@H](c1ccco1)N1CCOCC1. The van der Waals surface area contributed by atoms with Crippen LogP contribution >= 0.6 is 11.8 Å². The van der Waals surface area contributed by atoms with Gasteiger partial charge in [-0.25, -0.2) is 0 Å². The molecule has 1 fully saturated rings. The number of rotatable bonds is 8. The molecule has 2 heterocycles. The van der Waals surface area contributed by atoms with Crippen molar-refractivity contribution in [2.24, 2.45) is 0 Å². The predicted molar refractivity (Wildman–Crippen MR) is 98.6 cm³/mol. The van der Waals surface area contributed by atoms with E-state index in [1.165, 1.54) is 4.90 Å². The van der Waals surface area contributed by atoms with E-state index in [9.17, 15) is 4.79 Å². The van der Waals surface area contributed by atoms with Gasteiger partial charge in [-0.05, 0) is 24.3 Å². The van der Waals surface area contributed by atoms with E-state index < -0.39 is 0 Å². The largest absolute Gasteiger partial charge is 0.468 e. The maximum Gasteiger partial charge on any atom is 0.220 e. The number of hydrogen-bond donors (Lipinski definition) is 1. The first-order valence-electron chi connectivity index (χ1n) is 8.62. The molecule has 3 rings (SSSR count). The van der Waals surface area contributed by atoms with Crippen molar-refractivity contribution in [3.8, 4) is 0 Å². The van der Waals surface area contributed by atoms with Crippen LogP contribution in [0.1, 0.15) is 18.2 Å². The van der Waals surface area contributed by atoms with E-state index >= 15 is 0 Å². The third-order valence-electron chi connectivity index (χ3n) is 4.19. The third-order valence-corrected chi connectivity index (χ3v) is 5.21. The van der Waals surface area contributed by atoms with Crippen LogP contribution in [0, 0.1) is 0 Å². The normalized spacial score (nSPS) is 16.5. The van der Waals surface area contributed by atoms with Crippen LogP contribution in [0.4, 0.5) is 0 Å². The molecule has 0 saturated carbocycles. The molecular weight excluding hydrogens is 336 g/mol. The van der Waals surface area contributed by atoms with Crippen LogP contribution in [0.15, 0.2) is 58.0 Å². The number of amides is 1. The first-order chi connectivity index (χ1) is 12.3. The van der Waals surface area contributed by atoms with Gasteiger partial charge in [0, 0.05) is 36.7 Å². The van der Waals surface area contributed by atoms with E-state index in [0.29, 0.717) is 13.0 Å². The molecular formula is C19H24N2O3S. The molecule has 1 atom stereocenters. The van der Waals surface area contributed by atoms with Gasteiger partial charge in [0.15, 0.2) is 0 Å². The Bertz CT molecular complexity index is 627. The highest BCUT2D eigenvalue weighted by molar-refractivity contribution is 7.99. The molecule has 5 nitrogen and oxygen atoms in total. The van der Waals surface area contributed by atoms with E-state index in [4.69, 9.17) is 9.15 Å². The van der Waals surface area contributed by atoms with Gasteiger partial charge in [0.05, 0.1) is 25.5 Å². The molecule has 0 bridgehead atoms. The molecule has 0 spiro atoms. The van der Waals surface area contributed by atoms with Crippen molar-refractivity contribution in [3.63, 3.8) is 0 Å². The first kappa shape index (κ1) is 18.0. The molecule has 1 N–H and O–H groups in total. The van der Waals surface area contributed by atoms with Crippen molar-refractivity contribution in [3.05, 3.63) is 54.5 Å². The molecule has 0 unspecified atom stereocenters. The van der Waals surface area contributed by atoms with Crippen LogP contribution in [-0.4, -0.2) is 49.4 Å². The van der Waals surface area contributed by atoms with Gasteiger partial charge in [-0.15, -0.1) is 11.8 Å². The van der Waals surface area contributed by atoms with Crippen LogP contribution in [0.2, 0.25) is 0 Å². The summed E-state index contributed by atoms with van der Waals surface area (Å²) in [5.74, 6) is 1.74. The molecule has 1 aromatic heterocycles. The van der Waals surface area contributed by atoms with E-state index in [1.807, 2.05) is 30.3 Å². The lowest BCUT2D eigenvalue weighted by atomic mass is 10.1. The number of nitrogens with one attached hydrogen (secondary N) is 1. The van der Waals surface area contributed by atoms with Crippen molar-refractivity contribution in [1.82, 2.24) is 10.2 Å². The summed E-state index contributed by atoms with van der Waals surface area (Å²) in [4.78, 5) is 15.7. The summed E-state index contributed by atoms with van der Waals surface area (Å²) in [7, 11) is 0. The zero-order valence-electron chi connectivity index (χ0n) is 14.2. The maximum absolute atomic E-state index is 12.2. The van der Waals surface area contributed by atoms with E-state index in [-0.39, 0.29) is 11.9 Å². The van der Waals surface area contributed by atoms with Crippen molar-refractivity contribution in [2.75, 3.05) is 38.6 Å². The minimum absolute atomic E-state index is 0.0598. The lowest BCUT2D eigenvalue weighted by molar-refractivity contribution is -0.121. The Labute approximate surface area is 152 Å². The monoisotopic (exact) mass is 360 g/mol. The number of benzene rings is 1. The number of ether oxygens (including phenoxy) is 1. The van der Waals surface area contributed by atoms with Crippen molar-refractivity contribution in [1.29, 1.82) is 0 Å². The number of carbonyl (C=O) groups is 1. The Hall–Kier alpha value is -1.76. The second-order valence-corrected chi connectivity index (χ2v) is 7.06. The number of furan rings is 1. The molecule has 134 valence electrons. The quantitative estimate of drug-likeness (QED) is 0.734. The first-order valence-corrected chi connectivity index (χ1v) is 9.61. The number of morpholine rings is 1. The number of thioether (sulfide) groups is 1. The van der Waals surface area contributed by atoms with Crippen LogP contribution in [0.3, 0.4) is 0 Å². The van der Waals surface area contributed by atoms with Gasteiger partial charge < -0.3 is 14.5 Å². The Morgan fingerprint density at radius 2 is 1.96 bits per heavy atom. The Morgan fingerprint density at radius 3 is 2.68 bits per heavy atom. The molecule has 0 aliphatic carbocycles. The summed E-state index contributed by atoms with van der Waals surface area (Å²) in [5.41, 5.74) is 0. The second kappa shape index (κ2) is 9.65. The van der Waals surface area contributed by atoms with Crippen molar-refractivity contribution < 1.29 is 13.9 Å². The fourth-order valence-electron chi connectivity index (χ4n) is 2.86. The lowest BCUT2D eigenvalue weighted by Gasteiger charge is -2.33. The summed E-state index contributed by atoms with van der Waals surface area (Å²) in [5, 5.41) is 3.06. The number of carbonyl (C=O) groups excluding carboxylic acids is 1. The summed E-state index contributed by atoms with van der Waals surface area (Å²) in [6.07, 6.45) is 2.19. The van der Waals surface area contributed by atoms with E-state index in [1.54, 1.807) is 18.0 Å². The minimum Gasteiger partial charge on any atom is -0.468 e. The van der Waals surface area contributed by atoms with Crippen molar-refractivity contribution in [2.45, 2.75) is 17.4 Å². The number of nitrogens with zero attached hydrogens (tertiary/aromatic N) is 1. The molecule has 1 saturated heterocycles. The van der Waals surface area contributed by atoms with Gasteiger partial charge in [0.1, 0.15) is 5.76 Å². The maximum atomic E-state index is 12.2. The highest BCUT2D eigenvalue weighted by Crippen LogP contribution is 2.22. The highest BCUT2D eigenvalue weighted by atomic mass is 32.2. The highest BCUT2D eigenvalue weighted by Gasteiger charge is 2.25. The molecule has 6 heteroatoms. The number of hydrogen-bond acceptors (Lipinski definition) is 5. The summed E-state index contributed by atoms with van der Waals surface area (Å²) < 4.78 is 11.0. The fraction of sp³-hybridized carbons (Fsp3) is 0.421. The minimum atomic E-state index is 0.0598. The van der Waals surface area contributed by atoms with Gasteiger partial charge in [-0.1, -0.05) is 18.2 Å². The lowest BCUT2D eigenvalue weighted by Crippen LogP contribution is -2.43. The van der Waals surface area contributed by atoms with Crippen LogP contribution in [0.25, 0.3) is 0 Å². The molecule has 1 amide bonds. The Morgan fingerprint density at radius 1 is 1.16 bits per heavy atom. The summed E-state index contributed by atoms with van der Waals surface area (Å²) in [6.45, 7) is 3.70. The fourth-order valence-corrected chi connectivity index (χ4v) is 3.73. The van der Waals surface area contributed by atoms with Crippen LogP contribution in [-0.2, 0) is 9.53 Å². The van der Waals surface area contributed by atoms with Gasteiger partial charge in [0.2, 0.25) is 5.91 Å². The summed E-state index contributed by atoms with van der Waals surface area (Å²) in [6, 6.07) is 14.1. The average molecular weight is 360 g/mol. The van der Waals surface area contributed by atoms with Crippen molar-refractivity contribution >= 4 is 17.7 Å².